The molecule has 0 saturated heterocycles. The highest BCUT2D eigenvalue weighted by molar-refractivity contribution is 9.10. The number of aromatic nitrogens is 1. The maximum absolute atomic E-state index is 12.8. The monoisotopic (exact) mass is 413 g/mol. The molecular weight excluding hydrogens is 403 g/mol. The van der Waals surface area contributed by atoms with Crippen molar-refractivity contribution in [3.63, 3.8) is 0 Å². The van der Waals surface area contributed by atoms with Gasteiger partial charge in [0.25, 0.3) is 5.91 Å². The van der Waals surface area contributed by atoms with Crippen molar-refractivity contribution in [2.24, 2.45) is 0 Å². The molecule has 2 heterocycles. The Morgan fingerprint density at radius 3 is 2.70 bits per heavy atom. The summed E-state index contributed by atoms with van der Waals surface area (Å²) in [6, 6.07) is 0.800. The molecule has 0 atom stereocenters. The first-order chi connectivity index (χ1) is 10.6. The van der Waals surface area contributed by atoms with Crippen LogP contribution in [-0.4, -0.2) is 29.2 Å². The summed E-state index contributed by atoms with van der Waals surface area (Å²) in [4.78, 5) is 15.9. The molecule has 1 amide bonds. The fraction of sp³-hybridized carbons (Fsp3) is 0.385. The van der Waals surface area contributed by atoms with E-state index in [2.05, 4.69) is 26.3 Å². The van der Waals surface area contributed by atoms with E-state index in [4.69, 9.17) is 16.3 Å². The molecule has 1 N–H and O–H groups in total. The summed E-state index contributed by atoms with van der Waals surface area (Å²) in [6.45, 7) is 3.61. The van der Waals surface area contributed by atoms with Crippen LogP contribution in [0.4, 0.5) is 19.0 Å². The third kappa shape index (κ3) is 3.96. The number of carbonyl (C=O) groups is 1. The van der Waals surface area contributed by atoms with E-state index in [1.165, 1.54) is 0 Å². The predicted octanol–water partition coefficient (Wildman–Crippen LogP) is 4.00. The van der Waals surface area contributed by atoms with Crippen LogP contribution in [0.2, 0.25) is 5.15 Å². The molecule has 1 aliphatic heterocycles. The SMILES string of the molecule is CC1=C(C)C(=O)N(Nc2nc(Cl)c(C(F)(F)F)cc2Br)COC1. The number of halogens is 5. The van der Waals surface area contributed by atoms with E-state index in [1.807, 2.05) is 0 Å². The highest BCUT2D eigenvalue weighted by atomic mass is 79.9. The number of hydrazine groups is 1. The number of anilines is 1. The minimum absolute atomic E-state index is 0.0182. The van der Waals surface area contributed by atoms with Crippen molar-refractivity contribution in [3.8, 4) is 0 Å². The van der Waals surface area contributed by atoms with Gasteiger partial charge in [-0.1, -0.05) is 11.6 Å². The molecule has 0 unspecified atom stereocenters. The summed E-state index contributed by atoms with van der Waals surface area (Å²) in [6.07, 6.45) is -4.62. The Balaban J connectivity index is 2.30. The van der Waals surface area contributed by atoms with E-state index >= 15 is 0 Å². The zero-order chi connectivity index (χ0) is 17.4. The molecule has 0 bridgehead atoms. The van der Waals surface area contributed by atoms with Crippen molar-refractivity contribution in [1.82, 2.24) is 9.99 Å². The Hall–Kier alpha value is -1.32. The Labute approximate surface area is 143 Å². The smallest absolute Gasteiger partial charge is 0.355 e. The summed E-state index contributed by atoms with van der Waals surface area (Å²) in [5.41, 5.74) is 2.82. The van der Waals surface area contributed by atoms with E-state index in [0.717, 1.165) is 16.6 Å². The number of hydrogen-bond donors (Lipinski definition) is 1. The van der Waals surface area contributed by atoms with Gasteiger partial charge in [-0.05, 0) is 41.4 Å². The second kappa shape index (κ2) is 6.66. The number of amides is 1. The molecule has 0 fully saturated rings. The standard InChI is InChI=1S/C13H12BrClF3N3O2/c1-6-4-23-5-21(12(22)7(6)2)20-11-9(14)3-8(10(15)19-11)13(16,17)18/h3H,4-5H2,1-2H3,(H,19,20). The number of pyridine rings is 1. The number of rotatable bonds is 2. The third-order valence-corrected chi connectivity index (χ3v) is 4.11. The minimum atomic E-state index is -4.62. The zero-order valence-electron chi connectivity index (χ0n) is 12.1. The van der Waals surface area contributed by atoms with Crippen molar-refractivity contribution in [2.45, 2.75) is 20.0 Å². The largest absolute Gasteiger partial charge is 0.419 e. The Morgan fingerprint density at radius 1 is 1.43 bits per heavy atom. The zero-order valence-corrected chi connectivity index (χ0v) is 14.4. The van der Waals surface area contributed by atoms with Crippen molar-refractivity contribution < 1.29 is 22.7 Å². The van der Waals surface area contributed by atoms with E-state index in [9.17, 15) is 18.0 Å². The number of nitrogens with zero attached hydrogens (tertiary/aromatic N) is 2. The Kier molecular flexibility index (Phi) is 5.22. The molecule has 126 valence electrons. The molecule has 1 aromatic rings. The quantitative estimate of drug-likeness (QED) is 0.744. The van der Waals surface area contributed by atoms with Crippen LogP contribution in [0.5, 0.6) is 0 Å². The van der Waals surface area contributed by atoms with Crippen LogP contribution in [0.25, 0.3) is 0 Å². The molecule has 5 nitrogen and oxygen atoms in total. The number of alkyl halides is 3. The maximum Gasteiger partial charge on any atom is 0.419 e. The summed E-state index contributed by atoms with van der Waals surface area (Å²) < 4.78 is 43.6. The Bertz CT molecular complexity index is 679. The van der Waals surface area contributed by atoms with Crippen LogP contribution in [0.15, 0.2) is 21.7 Å². The number of nitrogens with one attached hydrogen (secondary N) is 1. The first-order valence-corrected chi connectivity index (χ1v) is 7.54. The first kappa shape index (κ1) is 18.0. The molecule has 0 aliphatic carbocycles. The van der Waals surface area contributed by atoms with Gasteiger partial charge in [0.05, 0.1) is 16.6 Å². The average molecular weight is 415 g/mol. The molecule has 23 heavy (non-hydrogen) atoms. The molecule has 0 radical (unpaired) electrons. The highest BCUT2D eigenvalue weighted by Crippen LogP contribution is 2.37. The minimum Gasteiger partial charge on any atom is -0.355 e. The van der Waals surface area contributed by atoms with Gasteiger partial charge in [0.1, 0.15) is 11.9 Å². The molecule has 1 aromatic heterocycles. The lowest BCUT2D eigenvalue weighted by atomic mass is 10.1. The topological polar surface area (TPSA) is 54.5 Å². The van der Waals surface area contributed by atoms with E-state index in [1.54, 1.807) is 13.8 Å². The fourth-order valence-corrected chi connectivity index (χ4v) is 2.45. The molecule has 0 spiro atoms. The maximum atomic E-state index is 12.8. The molecular formula is C13H12BrClF3N3O2. The molecule has 2 rings (SSSR count). The van der Waals surface area contributed by atoms with Gasteiger partial charge in [-0.15, -0.1) is 0 Å². The predicted molar refractivity (Wildman–Crippen MR) is 81.6 cm³/mol. The van der Waals surface area contributed by atoms with Crippen LogP contribution in [0.1, 0.15) is 19.4 Å². The van der Waals surface area contributed by atoms with Crippen LogP contribution >= 0.6 is 27.5 Å². The van der Waals surface area contributed by atoms with Gasteiger partial charge in [0.2, 0.25) is 0 Å². The van der Waals surface area contributed by atoms with Gasteiger partial charge in [-0.2, -0.15) is 13.2 Å². The van der Waals surface area contributed by atoms with Crippen molar-refractivity contribution in [3.05, 3.63) is 32.4 Å². The normalized spacial score (nSPS) is 16.7. The first-order valence-electron chi connectivity index (χ1n) is 6.37. The Morgan fingerprint density at radius 2 is 2.09 bits per heavy atom. The van der Waals surface area contributed by atoms with Gasteiger partial charge >= 0.3 is 6.18 Å². The lowest BCUT2D eigenvalue weighted by Crippen LogP contribution is -2.38. The second-order valence-corrected chi connectivity index (χ2v) is 6.10. The van der Waals surface area contributed by atoms with E-state index < -0.39 is 16.9 Å². The van der Waals surface area contributed by atoms with Gasteiger partial charge < -0.3 is 4.74 Å². The van der Waals surface area contributed by atoms with E-state index in [0.29, 0.717) is 5.57 Å². The third-order valence-electron chi connectivity index (χ3n) is 3.22. The van der Waals surface area contributed by atoms with Crippen molar-refractivity contribution >= 4 is 39.3 Å². The van der Waals surface area contributed by atoms with Crippen molar-refractivity contribution in [2.75, 3.05) is 18.8 Å². The van der Waals surface area contributed by atoms with E-state index in [-0.39, 0.29) is 29.5 Å². The summed E-state index contributed by atoms with van der Waals surface area (Å²) in [7, 11) is 0. The highest BCUT2D eigenvalue weighted by Gasteiger charge is 2.35. The van der Waals surface area contributed by atoms with Gasteiger partial charge in [0.15, 0.2) is 5.82 Å². The average Bonchev–Trinajstić information content (AvgIpc) is 2.56. The number of carbonyl (C=O) groups excluding carboxylic acids is 1. The van der Waals surface area contributed by atoms with Crippen LogP contribution in [-0.2, 0) is 15.7 Å². The van der Waals surface area contributed by atoms with Gasteiger partial charge in [-0.25, -0.2) is 9.99 Å². The van der Waals surface area contributed by atoms with Crippen LogP contribution in [0, 0.1) is 0 Å². The van der Waals surface area contributed by atoms with Crippen molar-refractivity contribution in [1.29, 1.82) is 0 Å². The number of hydrogen-bond acceptors (Lipinski definition) is 4. The summed E-state index contributed by atoms with van der Waals surface area (Å²) in [5.74, 6) is -0.378. The van der Waals surface area contributed by atoms with Crippen LogP contribution < -0.4 is 5.43 Å². The van der Waals surface area contributed by atoms with Gasteiger partial charge in [0, 0.05) is 5.57 Å². The lowest BCUT2D eigenvalue weighted by molar-refractivity contribution is -0.137. The molecule has 10 heteroatoms. The number of ether oxygens (including phenoxy) is 1. The lowest BCUT2D eigenvalue weighted by Gasteiger charge is -2.23. The summed E-state index contributed by atoms with van der Waals surface area (Å²) >= 11 is 8.58. The van der Waals surface area contributed by atoms with Crippen LogP contribution in [0.3, 0.4) is 0 Å². The fourth-order valence-electron chi connectivity index (χ4n) is 1.80. The van der Waals surface area contributed by atoms with Gasteiger partial charge in [-0.3, -0.25) is 10.2 Å². The second-order valence-electron chi connectivity index (χ2n) is 4.88. The molecule has 1 aliphatic rings. The summed E-state index contributed by atoms with van der Waals surface area (Å²) in [5, 5.41) is 0.400. The molecule has 0 saturated carbocycles. The molecule has 0 aromatic carbocycles.